The number of rotatable bonds is 6. The first-order chi connectivity index (χ1) is 9.12. The Morgan fingerprint density at radius 1 is 1.21 bits per heavy atom. The Balaban J connectivity index is 2.08. The van der Waals surface area contributed by atoms with Gasteiger partial charge in [-0.3, -0.25) is 0 Å². The van der Waals surface area contributed by atoms with Gasteiger partial charge in [-0.15, -0.1) is 11.3 Å². The largest absolute Gasteiger partial charge is 0.330 e. The van der Waals surface area contributed by atoms with Gasteiger partial charge in [-0.2, -0.15) is 0 Å². The van der Waals surface area contributed by atoms with Crippen LogP contribution in [0.15, 0.2) is 35.7 Å². The van der Waals surface area contributed by atoms with Gasteiger partial charge in [0.2, 0.25) is 0 Å². The number of aromatic nitrogens is 1. The lowest BCUT2D eigenvalue weighted by Crippen LogP contribution is -2.20. The highest BCUT2D eigenvalue weighted by molar-refractivity contribution is 7.09. The van der Waals surface area contributed by atoms with E-state index in [1.165, 1.54) is 16.3 Å². The molecule has 102 valence electrons. The second kappa shape index (κ2) is 6.31. The smallest absolute Gasteiger partial charge is 0.0987 e. The van der Waals surface area contributed by atoms with Gasteiger partial charge in [0.05, 0.1) is 10.7 Å². The molecule has 2 nitrogen and oxygen atoms in total. The molecule has 0 aliphatic carbocycles. The summed E-state index contributed by atoms with van der Waals surface area (Å²) in [6.45, 7) is 5.28. The number of aryl methyl sites for hydroxylation is 1. The summed E-state index contributed by atoms with van der Waals surface area (Å²) in [6, 6.07) is 10.6. The average molecular weight is 274 g/mol. The standard InChI is InChI=1S/C16H22N2S/c1-16(2,11-13-7-4-3-5-8-13)15-18-14(12-19-15)9-6-10-17/h3-5,7-8,12H,6,9-11,17H2,1-2H3. The predicted octanol–water partition coefficient (Wildman–Crippen LogP) is 3.55. The summed E-state index contributed by atoms with van der Waals surface area (Å²) in [6.07, 6.45) is 3.04. The first-order valence-corrected chi connectivity index (χ1v) is 7.68. The van der Waals surface area contributed by atoms with Crippen LogP contribution < -0.4 is 5.73 Å². The predicted molar refractivity (Wildman–Crippen MR) is 82.7 cm³/mol. The van der Waals surface area contributed by atoms with Crippen LogP contribution in [-0.2, 0) is 18.3 Å². The van der Waals surface area contributed by atoms with Crippen molar-refractivity contribution in [2.24, 2.45) is 5.73 Å². The molecule has 2 aromatic rings. The zero-order valence-electron chi connectivity index (χ0n) is 11.7. The van der Waals surface area contributed by atoms with Gasteiger partial charge in [0.15, 0.2) is 0 Å². The molecular weight excluding hydrogens is 252 g/mol. The van der Waals surface area contributed by atoms with Gasteiger partial charge >= 0.3 is 0 Å². The monoisotopic (exact) mass is 274 g/mol. The molecule has 3 heteroatoms. The lowest BCUT2D eigenvalue weighted by molar-refractivity contribution is 0.517. The SMILES string of the molecule is CC(C)(Cc1ccccc1)c1nc(CCCN)cs1. The van der Waals surface area contributed by atoms with E-state index in [4.69, 9.17) is 10.7 Å². The van der Waals surface area contributed by atoms with E-state index in [1.54, 1.807) is 11.3 Å². The maximum absolute atomic E-state index is 5.55. The molecular formula is C16H22N2S. The van der Waals surface area contributed by atoms with Gasteiger partial charge in [-0.1, -0.05) is 44.2 Å². The minimum atomic E-state index is 0.0903. The van der Waals surface area contributed by atoms with E-state index in [9.17, 15) is 0 Å². The fraction of sp³-hybridized carbons (Fsp3) is 0.438. The molecule has 0 amide bonds. The van der Waals surface area contributed by atoms with Crippen molar-refractivity contribution in [2.45, 2.75) is 38.5 Å². The molecule has 2 rings (SSSR count). The van der Waals surface area contributed by atoms with Crippen molar-refractivity contribution in [1.82, 2.24) is 4.98 Å². The van der Waals surface area contributed by atoms with E-state index < -0.39 is 0 Å². The third kappa shape index (κ3) is 3.88. The summed E-state index contributed by atoms with van der Waals surface area (Å²) >= 11 is 1.77. The van der Waals surface area contributed by atoms with Gasteiger partial charge in [0, 0.05) is 10.8 Å². The Bertz CT molecular complexity index is 502. The van der Waals surface area contributed by atoms with E-state index in [0.717, 1.165) is 25.8 Å². The Kier molecular flexibility index (Phi) is 4.72. The normalized spacial score (nSPS) is 11.7. The molecule has 0 spiro atoms. The van der Waals surface area contributed by atoms with Crippen molar-refractivity contribution in [2.75, 3.05) is 6.54 Å². The van der Waals surface area contributed by atoms with Crippen LogP contribution in [0, 0.1) is 0 Å². The first-order valence-electron chi connectivity index (χ1n) is 6.81. The fourth-order valence-electron chi connectivity index (χ4n) is 2.20. The van der Waals surface area contributed by atoms with E-state index in [2.05, 4.69) is 49.6 Å². The number of nitrogens with two attached hydrogens (primary N) is 1. The minimum Gasteiger partial charge on any atom is -0.330 e. The molecule has 0 saturated carbocycles. The lowest BCUT2D eigenvalue weighted by atomic mass is 9.86. The van der Waals surface area contributed by atoms with Gasteiger partial charge < -0.3 is 5.73 Å². The Hall–Kier alpha value is -1.19. The first kappa shape index (κ1) is 14.2. The molecule has 1 heterocycles. The Morgan fingerprint density at radius 2 is 1.95 bits per heavy atom. The molecule has 0 fully saturated rings. The maximum Gasteiger partial charge on any atom is 0.0987 e. The van der Waals surface area contributed by atoms with Crippen molar-refractivity contribution < 1.29 is 0 Å². The second-order valence-electron chi connectivity index (χ2n) is 5.58. The maximum atomic E-state index is 5.55. The number of hydrogen-bond acceptors (Lipinski definition) is 3. The molecule has 0 radical (unpaired) electrons. The van der Waals surface area contributed by atoms with Crippen molar-refractivity contribution in [1.29, 1.82) is 0 Å². The molecule has 2 N–H and O–H groups in total. The molecule has 1 aromatic carbocycles. The highest BCUT2D eigenvalue weighted by Gasteiger charge is 2.24. The Morgan fingerprint density at radius 3 is 2.63 bits per heavy atom. The highest BCUT2D eigenvalue weighted by atomic mass is 32.1. The summed E-state index contributed by atoms with van der Waals surface area (Å²) in [7, 11) is 0. The third-order valence-corrected chi connectivity index (χ3v) is 4.51. The average Bonchev–Trinajstić information content (AvgIpc) is 2.86. The molecule has 19 heavy (non-hydrogen) atoms. The van der Waals surface area contributed by atoms with Crippen molar-refractivity contribution >= 4 is 11.3 Å². The molecule has 0 saturated heterocycles. The van der Waals surface area contributed by atoms with Gasteiger partial charge in [-0.25, -0.2) is 4.98 Å². The van der Waals surface area contributed by atoms with Crippen LogP contribution in [0.4, 0.5) is 0 Å². The second-order valence-corrected chi connectivity index (χ2v) is 6.44. The van der Waals surface area contributed by atoms with E-state index >= 15 is 0 Å². The van der Waals surface area contributed by atoms with E-state index in [0.29, 0.717) is 0 Å². The molecule has 1 aromatic heterocycles. The minimum absolute atomic E-state index is 0.0903. The summed E-state index contributed by atoms with van der Waals surface area (Å²) in [5, 5.41) is 3.40. The number of thiazole rings is 1. The number of nitrogens with zero attached hydrogens (tertiary/aromatic N) is 1. The van der Waals surface area contributed by atoms with Crippen LogP contribution in [0.5, 0.6) is 0 Å². The number of hydrogen-bond donors (Lipinski definition) is 1. The lowest BCUT2D eigenvalue weighted by Gasteiger charge is -2.22. The zero-order chi connectivity index (χ0) is 13.7. The molecule has 0 aliphatic heterocycles. The van der Waals surface area contributed by atoms with Crippen LogP contribution in [0.3, 0.4) is 0 Å². The van der Waals surface area contributed by atoms with Crippen LogP contribution in [0.1, 0.15) is 36.5 Å². The van der Waals surface area contributed by atoms with Crippen molar-refractivity contribution in [3.05, 3.63) is 52.0 Å². The van der Waals surface area contributed by atoms with E-state index in [-0.39, 0.29) is 5.41 Å². The van der Waals surface area contributed by atoms with Crippen LogP contribution >= 0.6 is 11.3 Å². The molecule has 0 atom stereocenters. The van der Waals surface area contributed by atoms with Crippen LogP contribution in [0.2, 0.25) is 0 Å². The molecule has 0 unspecified atom stereocenters. The van der Waals surface area contributed by atoms with Gasteiger partial charge in [-0.05, 0) is 31.4 Å². The van der Waals surface area contributed by atoms with Crippen molar-refractivity contribution in [3.8, 4) is 0 Å². The Labute approximate surface area is 119 Å². The quantitative estimate of drug-likeness (QED) is 0.875. The van der Waals surface area contributed by atoms with Gasteiger partial charge in [0.1, 0.15) is 0 Å². The number of benzene rings is 1. The summed E-state index contributed by atoms with van der Waals surface area (Å²) in [5.74, 6) is 0. The highest BCUT2D eigenvalue weighted by Crippen LogP contribution is 2.30. The van der Waals surface area contributed by atoms with Crippen molar-refractivity contribution in [3.63, 3.8) is 0 Å². The zero-order valence-corrected chi connectivity index (χ0v) is 12.5. The molecule has 0 bridgehead atoms. The third-order valence-electron chi connectivity index (χ3n) is 3.26. The summed E-state index contributed by atoms with van der Waals surface area (Å²) < 4.78 is 0. The summed E-state index contributed by atoms with van der Waals surface area (Å²) in [5.41, 5.74) is 8.19. The molecule has 0 aliphatic rings. The van der Waals surface area contributed by atoms with Crippen LogP contribution in [-0.4, -0.2) is 11.5 Å². The topological polar surface area (TPSA) is 38.9 Å². The van der Waals surface area contributed by atoms with E-state index in [1.807, 2.05) is 0 Å². The van der Waals surface area contributed by atoms with Crippen LogP contribution in [0.25, 0.3) is 0 Å². The summed E-state index contributed by atoms with van der Waals surface area (Å²) in [4.78, 5) is 4.78. The van der Waals surface area contributed by atoms with Gasteiger partial charge in [0.25, 0.3) is 0 Å². The fourth-order valence-corrected chi connectivity index (χ4v) is 3.18.